The van der Waals surface area contributed by atoms with Crippen molar-refractivity contribution in [3.8, 4) is 22.6 Å². The van der Waals surface area contributed by atoms with Crippen molar-refractivity contribution < 1.29 is 23.8 Å². The van der Waals surface area contributed by atoms with Gasteiger partial charge in [-0.3, -0.25) is 0 Å². The van der Waals surface area contributed by atoms with Gasteiger partial charge in [0.2, 0.25) is 0 Å². The normalized spacial score (nSPS) is 13.5. The summed E-state index contributed by atoms with van der Waals surface area (Å²) in [6, 6.07) is 15.1. The van der Waals surface area contributed by atoms with Crippen LogP contribution in [-0.4, -0.2) is 67.4 Å². The minimum absolute atomic E-state index is 0.150. The quantitative estimate of drug-likeness (QED) is 0.289. The Morgan fingerprint density at radius 2 is 1.73 bits per heavy atom. The van der Waals surface area contributed by atoms with Gasteiger partial charge >= 0.3 is 12.1 Å². The van der Waals surface area contributed by atoms with Crippen molar-refractivity contribution in [3.05, 3.63) is 65.3 Å². The Morgan fingerprint density at radius 1 is 1.02 bits per heavy atom. The molecular weight excluding hydrogens is 544 g/mol. The number of nitrogens with one attached hydrogen (secondary N) is 1. The molecule has 0 spiro atoms. The number of benzene rings is 2. The topological polar surface area (TPSA) is 93.2 Å². The van der Waals surface area contributed by atoms with Crippen molar-refractivity contribution in [2.24, 2.45) is 0 Å². The Labute approximate surface area is 246 Å². The minimum Gasteiger partial charge on any atom is -0.465 e. The van der Waals surface area contributed by atoms with Crippen LogP contribution in [0, 0.1) is 0 Å². The molecule has 218 valence electrons. The first kappa shape index (κ1) is 30.0. The predicted octanol–water partition coefficient (Wildman–Crippen LogP) is 6.86. The van der Waals surface area contributed by atoms with Crippen LogP contribution in [0.25, 0.3) is 11.1 Å². The van der Waals surface area contributed by atoms with Gasteiger partial charge in [0.1, 0.15) is 22.7 Å². The van der Waals surface area contributed by atoms with Gasteiger partial charge in [-0.1, -0.05) is 36.7 Å². The fraction of sp³-hybridized carbons (Fsp3) is 0.387. The van der Waals surface area contributed by atoms with Crippen LogP contribution in [0.15, 0.2) is 54.7 Å². The third-order valence-electron chi connectivity index (χ3n) is 6.48. The van der Waals surface area contributed by atoms with Gasteiger partial charge in [0.25, 0.3) is 0 Å². The molecule has 9 nitrogen and oxygen atoms in total. The summed E-state index contributed by atoms with van der Waals surface area (Å²) in [5.41, 5.74) is 2.41. The lowest BCUT2D eigenvalue weighted by atomic mass is 10.0. The molecule has 0 atom stereocenters. The zero-order valence-corrected chi connectivity index (χ0v) is 25.0. The van der Waals surface area contributed by atoms with E-state index in [1.54, 1.807) is 29.3 Å². The van der Waals surface area contributed by atoms with Gasteiger partial charge in [-0.05, 0) is 63.1 Å². The Morgan fingerprint density at radius 3 is 2.37 bits per heavy atom. The lowest BCUT2D eigenvalue weighted by Crippen LogP contribution is -2.50. The second-order valence-corrected chi connectivity index (χ2v) is 11.1. The Balaban J connectivity index is 1.57. The first-order valence-electron chi connectivity index (χ1n) is 13.7. The molecule has 0 bridgehead atoms. The standard InChI is InChI=1S/C31H37ClN4O5/c1-6-14-33-27-19-23(26(20-34-27)40-25-9-7-8-24(32)28(25)29(37)39-5)21-10-12-22(13-11-21)35-15-17-36(18-16-35)30(38)41-31(2,3)4/h7-13,19-20H,6,14-18H2,1-5H3,(H,33,34). The molecule has 0 aliphatic carbocycles. The monoisotopic (exact) mass is 580 g/mol. The van der Waals surface area contributed by atoms with Crippen LogP contribution in [0.3, 0.4) is 0 Å². The van der Waals surface area contributed by atoms with Gasteiger partial charge in [0, 0.05) is 44.0 Å². The maximum atomic E-state index is 12.4. The summed E-state index contributed by atoms with van der Waals surface area (Å²) in [6.07, 6.45) is 2.31. The number of amides is 1. The molecule has 1 aliphatic heterocycles. The van der Waals surface area contributed by atoms with E-state index in [0.29, 0.717) is 31.9 Å². The number of ether oxygens (including phenoxy) is 3. The number of carbonyl (C=O) groups excluding carboxylic acids is 2. The van der Waals surface area contributed by atoms with Crippen molar-refractivity contribution in [2.45, 2.75) is 39.7 Å². The van der Waals surface area contributed by atoms with E-state index in [1.165, 1.54) is 7.11 Å². The number of methoxy groups -OCH3 is 1. The van der Waals surface area contributed by atoms with Crippen molar-refractivity contribution in [1.29, 1.82) is 0 Å². The van der Waals surface area contributed by atoms with Crippen molar-refractivity contribution >= 4 is 35.2 Å². The van der Waals surface area contributed by atoms with Gasteiger partial charge in [0.15, 0.2) is 5.75 Å². The summed E-state index contributed by atoms with van der Waals surface area (Å²) in [7, 11) is 1.30. The lowest BCUT2D eigenvalue weighted by Gasteiger charge is -2.36. The molecule has 2 aromatic carbocycles. The van der Waals surface area contributed by atoms with Crippen LogP contribution >= 0.6 is 11.6 Å². The van der Waals surface area contributed by atoms with Crippen LogP contribution < -0.4 is 15.0 Å². The Kier molecular flexibility index (Phi) is 9.60. The predicted molar refractivity (Wildman–Crippen MR) is 161 cm³/mol. The fourth-order valence-corrected chi connectivity index (χ4v) is 4.68. The second-order valence-electron chi connectivity index (χ2n) is 10.7. The van der Waals surface area contributed by atoms with E-state index in [-0.39, 0.29) is 22.4 Å². The summed E-state index contributed by atoms with van der Waals surface area (Å²) in [5.74, 6) is 0.882. The molecule has 41 heavy (non-hydrogen) atoms. The largest absolute Gasteiger partial charge is 0.465 e. The van der Waals surface area contributed by atoms with Crippen molar-refractivity contribution in [3.63, 3.8) is 0 Å². The van der Waals surface area contributed by atoms with Crippen molar-refractivity contribution in [1.82, 2.24) is 9.88 Å². The summed E-state index contributed by atoms with van der Waals surface area (Å²) >= 11 is 6.31. The highest BCUT2D eigenvalue weighted by Crippen LogP contribution is 2.38. The number of anilines is 2. The molecule has 1 fully saturated rings. The second kappa shape index (κ2) is 13.1. The van der Waals surface area contributed by atoms with Gasteiger partial charge in [-0.25, -0.2) is 14.6 Å². The van der Waals surface area contributed by atoms with Gasteiger partial charge in [0.05, 0.1) is 18.3 Å². The maximum absolute atomic E-state index is 12.4. The molecule has 3 aromatic rings. The molecule has 0 unspecified atom stereocenters. The average molecular weight is 581 g/mol. The zero-order valence-electron chi connectivity index (χ0n) is 24.2. The van der Waals surface area contributed by atoms with Gasteiger partial charge in [-0.2, -0.15) is 0 Å². The molecule has 1 aromatic heterocycles. The third-order valence-corrected chi connectivity index (χ3v) is 6.80. The molecule has 2 heterocycles. The van der Waals surface area contributed by atoms with E-state index in [0.717, 1.165) is 35.6 Å². The molecule has 1 N–H and O–H groups in total. The number of halogens is 1. The highest BCUT2D eigenvalue weighted by atomic mass is 35.5. The number of pyridine rings is 1. The Hall–Kier alpha value is -3.98. The molecule has 0 radical (unpaired) electrons. The molecule has 4 rings (SSSR count). The molecule has 1 saturated heterocycles. The number of nitrogens with zero attached hydrogens (tertiary/aromatic N) is 3. The highest BCUT2D eigenvalue weighted by molar-refractivity contribution is 6.34. The zero-order chi connectivity index (χ0) is 29.6. The summed E-state index contributed by atoms with van der Waals surface area (Å²) in [4.78, 5) is 33.4. The Bertz CT molecular complexity index is 1370. The van der Waals surface area contributed by atoms with E-state index in [9.17, 15) is 9.59 Å². The molecule has 0 saturated carbocycles. The first-order valence-corrected chi connectivity index (χ1v) is 14.1. The van der Waals surface area contributed by atoms with E-state index in [4.69, 9.17) is 25.8 Å². The molecular formula is C31H37ClN4O5. The number of hydrogen-bond donors (Lipinski definition) is 1. The van der Waals surface area contributed by atoms with Crippen LogP contribution in [0.1, 0.15) is 44.5 Å². The van der Waals surface area contributed by atoms with Crippen molar-refractivity contribution in [2.75, 3.05) is 50.1 Å². The number of esters is 1. The summed E-state index contributed by atoms with van der Waals surface area (Å²) < 4.78 is 16.7. The van der Waals surface area contributed by atoms with Crippen LogP contribution in [-0.2, 0) is 9.47 Å². The molecule has 1 aliphatic rings. The van der Waals surface area contributed by atoms with E-state index >= 15 is 0 Å². The highest BCUT2D eigenvalue weighted by Gasteiger charge is 2.26. The number of piperazine rings is 1. The summed E-state index contributed by atoms with van der Waals surface area (Å²) in [6.45, 7) is 11.1. The van der Waals surface area contributed by atoms with E-state index in [1.807, 2.05) is 39.0 Å². The van der Waals surface area contributed by atoms with Crippen LogP contribution in [0.5, 0.6) is 11.5 Å². The fourth-order valence-electron chi connectivity index (χ4n) is 4.43. The number of rotatable bonds is 8. The SMILES string of the molecule is CCCNc1cc(-c2ccc(N3CCN(C(=O)OC(C)(C)C)CC3)cc2)c(Oc2cccc(Cl)c2C(=O)OC)cn1. The smallest absolute Gasteiger partial charge is 0.410 e. The molecule has 1 amide bonds. The minimum atomic E-state index is -0.586. The van der Waals surface area contributed by atoms with Gasteiger partial charge < -0.3 is 29.3 Å². The van der Waals surface area contributed by atoms with Crippen LogP contribution in [0.2, 0.25) is 5.02 Å². The molecule has 10 heteroatoms. The third kappa shape index (κ3) is 7.61. The van der Waals surface area contributed by atoms with Gasteiger partial charge in [-0.15, -0.1) is 0 Å². The summed E-state index contributed by atoms with van der Waals surface area (Å²) in [5, 5.41) is 3.56. The maximum Gasteiger partial charge on any atom is 0.410 e. The average Bonchev–Trinajstić information content (AvgIpc) is 2.95. The van der Waals surface area contributed by atoms with E-state index in [2.05, 4.69) is 34.3 Å². The lowest BCUT2D eigenvalue weighted by molar-refractivity contribution is 0.0240. The number of carbonyl (C=O) groups is 2. The van der Waals surface area contributed by atoms with E-state index < -0.39 is 11.6 Å². The number of hydrogen-bond acceptors (Lipinski definition) is 8. The first-order chi connectivity index (χ1) is 19.6. The van der Waals surface area contributed by atoms with Crippen LogP contribution in [0.4, 0.5) is 16.3 Å². The number of aromatic nitrogens is 1.